The Hall–Kier alpha value is -3.78. The standard InChI is InChI=1S/C28H38F3N5O2.C6H10O8/c1-19-16-35(14-15-36(19)24(17-38-5)22-6-8-23(9-7-22)28(29,30)31)27(4)10-12-34(13-11-27)26(37)25-20(2)32-18-33-21(25)3;7-1(3(9)5(11)12)2(8)4(10)6(13)14/h6-9,18-19,24H,10-17H2,1-5H3;1-4,7-10H,(H,11,12)(H,13,14)/t19-,24-;/m0./s1. The number of halogens is 3. The number of carboxylic acids is 2. The van der Waals surface area contributed by atoms with Crippen LogP contribution in [-0.2, 0) is 20.5 Å². The molecule has 4 rings (SSSR count). The summed E-state index contributed by atoms with van der Waals surface area (Å²) in [5.74, 6) is -3.68. The number of piperazine rings is 1. The number of likely N-dealkylation sites (tertiary alicyclic amines) is 1. The third-order valence-electron chi connectivity index (χ3n) is 9.86. The maximum atomic E-state index is 13.2. The fraction of sp³-hybridized carbons (Fsp3) is 0.618. The van der Waals surface area contributed by atoms with Crippen LogP contribution in [0, 0.1) is 13.8 Å². The number of aliphatic hydroxyl groups is 4. The normalized spacial score (nSPS) is 21.2. The maximum Gasteiger partial charge on any atom is 0.416 e. The number of carbonyl (C=O) groups is 3. The number of alkyl halides is 3. The number of ether oxygens (including phenoxy) is 1. The smallest absolute Gasteiger partial charge is 0.416 e. The molecular formula is C34H48F3N5O10. The van der Waals surface area contributed by atoms with Crippen LogP contribution in [0.15, 0.2) is 30.6 Å². The van der Waals surface area contributed by atoms with Gasteiger partial charge in [0.25, 0.3) is 5.91 Å². The highest BCUT2D eigenvalue weighted by atomic mass is 19.4. The van der Waals surface area contributed by atoms with Gasteiger partial charge < -0.3 is 40.3 Å². The van der Waals surface area contributed by atoms with E-state index in [1.54, 1.807) is 19.2 Å². The molecule has 2 aromatic rings. The lowest BCUT2D eigenvalue weighted by atomic mass is 9.86. The molecule has 1 aromatic heterocycles. The van der Waals surface area contributed by atoms with Gasteiger partial charge in [-0.25, -0.2) is 19.6 Å². The molecule has 3 heterocycles. The monoisotopic (exact) mass is 743 g/mol. The van der Waals surface area contributed by atoms with Crippen molar-refractivity contribution in [2.75, 3.05) is 46.4 Å². The molecule has 52 heavy (non-hydrogen) atoms. The molecule has 2 fully saturated rings. The Balaban J connectivity index is 0.000000442. The van der Waals surface area contributed by atoms with Crippen molar-refractivity contribution in [2.45, 2.75) is 88.8 Å². The molecule has 0 bridgehead atoms. The Morgan fingerprint density at radius 1 is 0.904 bits per heavy atom. The lowest BCUT2D eigenvalue weighted by Crippen LogP contribution is -2.62. The van der Waals surface area contributed by atoms with Crippen LogP contribution in [0.25, 0.3) is 0 Å². The zero-order valence-electron chi connectivity index (χ0n) is 29.7. The van der Waals surface area contributed by atoms with E-state index in [1.165, 1.54) is 6.33 Å². The second kappa shape index (κ2) is 17.8. The Bertz CT molecular complexity index is 1480. The van der Waals surface area contributed by atoms with E-state index in [2.05, 4.69) is 33.6 Å². The van der Waals surface area contributed by atoms with E-state index < -0.39 is 48.1 Å². The lowest BCUT2D eigenvalue weighted by molar-refractivity contribution is -0.172. The highest BCUT2D eigenvalue weighted by molar-refractivity contribution is 5.96. The van der Waals surface area contributed by atoms with Crippen LogP contribution >= 0.6 is 0 Å². The number of rotatable bonds is 11. The van der Waals surface area contributed by atoms with Crippen molar-refractivity contribution in [1.29, 1.82) is 0 Å². The Morgan fingerprint density at radius 2 is 1.40 bits per heavy atom. The zero-order valence-corrected chi connectivity index (χ0v) is 29.7. The summed E-state index contributed by atoms with van der Waals surface area (Å²) in [5, 5.41) is 51.5. The molecule has 0 spiro atoms. The molecular weight excluding hydrogens is 695 g/mol. The number of hydrogen-bond donors (Lipinski definition) is 6. The summed E-state index contributed by atoms with van der Waals surface area (Å²) in [6.07, 6.45) is -10.4. The molecule has 2 aliphatic heterocycles. The molecule has 2 aliphatic rings. The summed E-state index contributed by atoms with van der Waals surface area (Å²) in [7, 11) is 1.62. The predicted octanol–water partition coefficient (Wildman–Crippen LogP) is 1.10. The third kappa shape index (κ3) is 10.2. The first-order valence-electron chi connectivity index (χ1n) is 16.7. The van der Waals surface area contributed by atoms with Crippen molar-refractivity contribution in [1.82, 2.24) is 24.7 Å². The summed E-state index contributed by atoms with van der Waals surface area (Å²) in [6.45, 7) is 12.4. The Labute approximate surface area is 299 Å². The first kappa shape index (κ1) is 42.6. The molecule has 6 atom stereocenters. The minimum atomic E-state index is -4.35. The second-order valence-electron chi connectivity index (χ2n) is 13.4. The second-order valence-corrected chi connectivity index (χ2v) is 13.4. The topological polar surface area (TPSA) is 217 Å². The van der Waals surface area contributed by atoms with Crippen molar-refractivity contribution >= 4 is 17.8 Å². The first-order chi connectivity index (χ1) is 24.2. The highest BCUT2D eigenvalue weighted by Crippen LogP contribution is 2.35. The molecule has 0 saturated carbocycles. The lowest BCUT2D eigenvalue weighted by Gasteiger charge is -2.52. The molecule has 0 radical (unpaired) electrons. The molecule has 290 valence electrons. The number of nitrogens with zero attached hydrogens (tertiary/aromatic N) is 5. The van der Waals surface area contributed by atoms with Crippen molar-refractivity contribution in [3.8, 4) is 0 Å². The average molecular weight is 744 g/mol. The van der Waals surface area contributed by atoms with Gasteiger partial charge in [-0.1, -0.05) is 12.1 Å². The maximum absolute atomic E-state index is 13.2. The van der Waals surface area contributed by atoms with E-state index in [4.69, 9.17) is 35.4 Å². The number of carbonyl (C=O) groups excluding carboxylic acids is 1. The van der Waals surface area contributed by atoms with Crippen molar-refractivity contribution in [3.05, 3.63) is 58.7 Å². The molecule has 1 aromatic carbocycles. The van der Waals surface area contributed by atoms with E-state index >= 15 is 0 Å². The predicted molar refractivity (Wildman–Crippen MR) is 178 cm³/mol. The number of carboxylic acid groups (broad SMARTS) is 2. The number of aliphatic carboxylic acids is 2. The van der Waals surface area contributed by atoms with Crippen LogP contribution in [0.3, 0.4) is 0 Å². The van der Waals surface area contributed by atoms with Gasteiger partial charge in [0.05, 0.1) is 35.2 Å². The molecule has 4 unspecified atom stereocenters. The van der Waals surface area contributed by atoms with Crippen molar-refractivity contribution < 1.29 is 62.9 Å². The number of benzene rings is 1. The highest BCUT2D eigenvalue weighted by Gasteiger charge is 2.42. The average Bonchev–Trinajstić information content (AvgIpc) is 3.09. The SMILES string of the molecule is COC[C@@H](c1ccc(C(F)(F)F)cc1)N1CCN(C2(C)CCN(C(=O)c3c(C)ncnc3C)CC2)C[C@@H]1C.O=C(O)C(O)C(O)C(O)C(O)C(=O)O. The number of aryl methyl sites for hydroxylation is 2. The number of piperidine rings is 1. The summed E-state index contributed by atoms with van der Waals surface area (Å²) in [5.41, 5.74) is 2.18. The molecule has 1 amide bonds. The van der Waals surface area contributed by atoms with Crippen LogP contribution in [-0.4, -0.2) is 156 Å². The van der Waals surface area contributed by atoms with E-state index in [9.17, 15) is 27.6 Å². The van der Waals surface area contributed by atoms with Gasteiger partial charge in [-0.15, -0.1) is 0 Å². The van der Waals surface area contributed by atoms with Crippen LogP contribution in [0.5, 0.6) is 0 Å². The zero-order chi connectivity index (χ0) is 39.1. The molecule has 2 saturated heterocycles. The van der Waals surface area contributed by atoms with E-state index in [-0.39, 0.29) is 23.5 Å². The van der Waals surface area contributed by atoms with Crippen LogP contribution in [0.4, 0.5) is 13.2 Å². The van der Waals surface area contributed by atoms with Gasteiger partial charge in [0, 0.05) is 51.4 Å². The van der Waals surface area contributed by atoms with Gasteiger partial charge >= 0.3 is 18.1 Å². The van der Waals surface area contributed by atoms with Crippen molar-refractivity contribution in [3.63, 3.8) is 0 Å². The van der Waals surface area contributed by atoms with E-state index in [0.29, 0.717) is 36.6 Å². The molecule has 18 heteroatoms. The molecule has 15 nitrogen and oxygen atoms in total. The summed E-state index contributed by atoms with van der Waals surface area (Å²) < 4.78 is 44.7. The molecule has 6 N–H and O–H groups in total. The number of hydrogen-bond acceptors (Lipinski definition) is 12. The van der Waals surface area contributed by atoms with Crippen LogP contribution in [0.1, 0.15) is 65.6 Å². The van der Waals surface area contributed by atoms with E-state index in [0.717, 1.165) is 50.2 Å². The summed E-state index contributed by atoms with van der Waals surface area (Å²) in [6, 6.07) is 5.52. The molecule has 0 aliphatic carbocycles. The first-order valence-corrected chi connectivity index (χ1v) is 16.7. The van der Waals surface area contributed by atoms with Crippen LogP contribution < -0.4 is 0 Å². The van der Waals surface area contributed by atoms with Gasteiger partial charge in [-0.05, 0) is 58.2 Å². The fourth-order valence-electron chi connectivity index (χ4n) is 6.59. The minimum Gasteiger partial charge on any atom is -0.479 e. The number of amides is 1. The fourth-order valence-corrected chi connectivity index (χ4v) is 6.59. The van der Waals surface area contributed by atoms with Gasteiger partial charge in [0.1, 0.15) is 18.5 Å². The number of aliphatic hydroxyl groups excluding tert-OH is 4. The third-order valence-corrected chi connectivity index (χ3v) is 9.86. The van der Waals surface area contributed by atoms with E-state index in [1.807, 2.05) is 18.7 Å². The van der Waals surface area contributed by atoms with Gasteiger partial charge in [-0.2, -0.15) is 13.2 Å². The number of aromatic nitrogens is 2. The van der Waals surface area contributed by atoms with Crippen molar-refractivity contribution in [2.24, 2.45) is 0 Å². The van der Waals surface area contributed by atoms with Gasteiger partial charge in [0.2, 0.25) is 0 Å². The quantitative estimate of drug-likeness (QED) is 0.190. The van der Waals surface area contributed by atoms with Gasteiger partial charge in [0.15, 0.2) is 12.2 Å². The Morgan fingerprint density at radius 3 is 1.83 bits per heavy atom. The largest absolute Gasteiger partial charge is 0.479 e. The van der Waals surface area contributed by atoms with Gasteiger partial charge in [-0.3, -0.25) is 14.6 Å². The van der Waals surface area contributed by atoms with Crippen LogP contribution in [0.2, 0.25) is 0 Å². The summed E-state index contributed by atoms with van der Waals surface area (Å²) >= 11 is 0. The summed E-state index contributed by atoms with van der Waals surface area (Å²) in [4.78, 5) is 48.6. The number of methoxy groups -OCH3 is 1. The Kier molecular flexibility index (Phi) is 14.6. The minimum absolute atomic E-state index is 0.000198.